The van der Waals surface area contributed by atoms with Crippen LogP contribution in [0.3, 0.4) is 0 Å². The third-order valence-electron chi connectivity index (χ3n) is 2.09. The van der Waals surface area contributed by atoms with Crippen molar-refractivity contribution in [3.63, 3.8) is 0 Å². The number of phenols is 1. The Bertz CT molecular complexity index is 597. The number of rotatable bonds is 3. The molecule has 1 heterocycles. The minimum Gasteiger partial charge on any atom is -0.508 e. The first kappa shape index (κ1) is 12.0. The van der Waals surface area contributed by atoms with Crippen LogP contribution in [-0.2, 0) is 0 Å². The van der Waals surface area contributed by atoms with Crippen LogP contribution in [0.2, 0.25) is 0 Å². The zero-order valence-corrected chi connectivity index (χ0v) is 9.68. The molecule has 0 aliphatic carbocycles. The lowest BCUT2D eigenvalue weighted by molar-refractivity contribution is -0.384. The fraction of sp³-hybridized carbons (Fsp3) is 0. The van der Waals surface area contributed by atoms with Crippen LogP contribution >= 0.6 is 11.3 Å². The van der Waals surface area contributed by atoms with Crippen molar-refractivity contribution in [2.45, 2.75) is 0 Å². The van der Waals surface area contributed by atoms with Gasteiger partial charge in [-0.25, -0.2) is 4.98 Å². The third-order valence-corrected chi connectivity index (χ3v) is 2.68. The predicted octanol–water partition coefficient (Wildman–Crippen LogP) is 2.01. The lowest BCUT2D eigenvalue weighted by Crippen LogP contribution is -2.13. The highest BCUT2D eigenvalue weighted by Gasteiger charge is 2.18. The van der Waals surface area contributed by atoms with Crippen LogP contribution < -0.4 is 5.32 Å². The third kappa shape index (κ3) is 2.43. The first-order valence-corrected chi connectivity index (χ1v) is 5.69. The molecule has 0 aliphatic heterocycles. The average molecular weight is 265 g/mol. The number of hydrogen-bond donors (Lipinski definition) is 2. The van der Waals surface area contributed by atoms with E-state index in [0.717, 1.165) is 6.07 Å². The summed E-state index contributed by atoms with van der Waals surface area (Å²) in [6.07, 6.45) is 0. The molecule has 0 fully saturated rings. The van der Waals surface area contributed by atoms with E-state index in [4.69, 9.17) is 0 Å². The Balaban J connectivity index is 2.29. The zero-order chi connectivity index (χ0) is 13.1. The standard InChI is InChI=1S/C10H7N3O4S/c14-6-1-2-7(9(3-6)13(16)17)12-10(15)8-4-18-5-11-8/h1-5,14H,(H,12,15). The molecule has 0 aliphatic rings. The highest BCUT2D eigenvalue weighted by molar-refractivity contribution is 7.07. The molecule has 7 nitrogen and oxygen atoms in total. The smallest absolute Gasteiger partial charge is 0.296 e. The Morgan fingerprint density at radius 1 is 1.50 bits per heavy atom. The van der Waals surface area contributed by atoms with Gasteiger partial charge in [0.25, 0.3) is 11.6 Å². The largest absolute Gasteiger partial charge is 0.508 e. The van der Waals surface area contributed by atoms with Crippen molar-refractivity contribution in [1.82, 2.24) is 4.98 Å². The second-order valence-electron chi connectivity index (χ2n) is 3.29. The number of benzene rings is 1. The number of aromatic hydroxyl groups is 1. The molecular formula is C10H7N3O4S. The number of carbonyl (C=O) groups excluding carboxylic acids is 1. The summed E-state index contributed by atoms with van der Waals surface area (Å²) in [6, 6.07) is 3.48. The van der Waals surface area contributed by atoms with E-state index in [1.54, 1.807) is 0 Å². The normalized spacial score (nSPS) is 10.0. The summed E-state index contributed by atoms with van der Waals surface area (Å²) in [4.78, 5) is 25.6. The van der Waals surface area contributed by atoms with E-state index in [9.17, 15) is 20.0 Å². The molecule has 0 bridgehead atoms. The molecule has 2 aromatic rings. The number of hydrogen-bond acceptors (Lipinski definition) is 6. The minimum absolute atomic E-state index is 0.0100. The number of nitro groups is 1. The van der Waals surface area contributed by atoms with Crippen molar-refractivity contribution in [3.05, 3.63) is 44.9 Å². The van der Waals surface area contributed by atoms with Gasteiger partial charge in [-0.2, -0.15) is 0 Å². The van der Waals surface area contributed by atoms with Gasteiger partial charge < -0.3 is 10.4 Å². The van der Waals surface area contributed by atoms with E-state index in [1.165, 1.54) is 34.4 Å². The van der Waals surface area contributed by atoms with Gasteiger partial charge in [-0.3, -0.25) is 14.9 Å². The Morgan fingerprint density at radius 3 is 2.89 bits per heavy atom. The molecule has 0 saturated heterocycles. The summed E-state index contributed by atoms with van der Waals surface area (Å²) in [5.41, 5.74) is 1.30. The fourth-order valence-electron chi connectivity index (χ4n) is 1.29. The zero-order valence-electron chi connectivity index (χ0n) is 8.86. The summed E-state index contributed by atoms with van der Waals surface area (Å²) in [7, 11) is 0. The quantitative estimate of drug-likeness (QED) is 0.501. The van der Waals surface area contributed by atoms with Crippen molar-refractivity contribution >= 4 is 28.6 Å². The molecule has 1 amide bonds. The van der Waals surface area contributed by atoms with Gasteiger partial charge in [-0.15, -0.1) is 11.3 Å². The summed E-state index contributed by atoms with van der Waals surface area (Å²) in [5, 5.41) is 23.9. The monoisotopic (exact) mass is 265 g/mol. The summed E-state index contributed by atoms with van der Waals surface area (Å²) >= 11 is 1.25. The maximum atomic E-state index is 11.7. The molecule has 92 valence electrons. The molecular weight excluding hydrogens is 258 g/mol. The molecule has 0 saturated carbocycles. The number of aromatic nitrogens is 1. The number of nitro benzene ring substituents is 1. The lowest BCUT2D eigenvalue weighted by atomic mass is 10.2. The lowest BCUT2D eigenvalue weighted by Gasteiger charge is -2.04. The highest BCUT2D eigenvalue weighted by atomic mass is 32.1. The second-order valence-corrected chi connectivity index (χ2v) is 4.01. The van der Waals surface area contributed by atoms with Gasteiger partial charge >= 0.3 is 0 Å². The van der Waals surface area contributed by atoms with Crippen LogP contribution in [0.1, 0.15) is 10.5 Å². The SMILES string of the molecule is O=C(Nc1ccc(O)cc1[N+](=O)[O-])c1cscn1. The Hall–Kier alpha value is -2.48. The first-order chi connectivity index (χ1) is 8.58. The van der Waals surface area contributed by atoms with E-state index in [0.29, 0.717) is 0 Å². The van der Waals surface area contributed by atoms with Gasteiger partial charge in [0.05, 0.1) is 16.5 Å². The summed E-state index contributed by atoms with van der Waals surface area (Å²) in [6.45, 7) is 0. The predicted molar refractivity (Wildman–Crippen MR) is 64.8 cm³/mol. The molecule has 0 unspecified atom stereocenters. The average Bonchev–Trinajstić information content (AvgIpc) is 2.84. The van der Waals surface area contributed by atoms with Crippen molar-refractivity contribution in [2.75, 3.05) is 5.32 Å². The molecule has 0 radical (unpaired) electrons. The maximum absolute atomic E-state index is 11.7. The van der Waals surface area contributed by atoms with Gasteiger partial charge in [0.2, 0.25) is 0 Å². The van der Waals surface area contributed by atoms with Crippen LogP contribution in [0.5, 0.6) is 5.75 Å². The van der Waals surface area contributed by atoms with E-state index in [2.05, 4.69) is 10.3 Å². The number of nitrogens with one attached hydrogen (secondary N) is 1. The van der Waals surface area contributed by atoms with Crippen molar-refractivity contribution in [2.24, 2.45) is 0 Å². The second kappa shape index (κ2) is 4.80. The van der Waals surface area contributed by atoms with Gasteiger partial charge in [0, 0.05) is 5.38 Å². The van der Waals surface area contributed by atoms with Gasteiger partial charge in [0.15, 0.2) is 0 Å². The Morgan fingerprint density at radius 2 is 2.28 bits per heavy atom. The maximum Gasteiger partial charge on any atom is 0.296 e. The van der Waals surface area contributed by atoms with Crippen LogP contribution in [0.15, 0.2) is 29.1 Å². The molecule has 2 N–H and O–H groups in total. The molecule has 1 aromatic carbocycles. The Labute approximate surface area is 105 Å². The molecule has 0 spiro atoms. The minimum atomic E-state index is -0.684. The molecule has 1 aromatic heterocycles. The molecule has 8 heteroatoms. The molecule has 0 atom stereocenters. The van der Waals surface area contributed by atoms with Gasteiger partial charge in [-0.05, 0) is 12.1 Å². The summed E-state index contributed by atoms with van der Waals surface area (Å²) in [5.74, 6) is -0.779. The number of phenolic OH excluding ortho intramolecular Hbond substituents is 1. The van der Waals surface area contributed by atoms with E-state index >= 15 is 0 Å². The van der Waals surface area contributed by atoms with Gasteiger partial charge in [-0.1, -0.05) is 0 Å². The van der Waals surface area contributed by atoms with Gasteiger partial charge in [0.1, 0.15) is 17.1 Å². The van der Waals surface area contributed by atoms with Crippen LogP contribution in [-0.4, -0.2) is 20.9 Å². The van der Waals surface area contributed by atoms with Crippen LogP contribution in [0.4, 0.5) is 11.4 Å². The Kier molecular flexibility index (Phi) is 3.20. The number of amides is 1. The number of thiazole rings is 1. The topological polar surface area (TPSA) is 105 Å². The van der Waals surface area contributed by atoms with Crippen LogP contribution in [0, 0.1) is 10.1 Å². The van der Waals surface area contributed by atoms with Crippen molar-refractivity contribution < 1.29 is 14.8 Å². The number of nitrogens with zero attached hydrogens (tertiary/aromatic N) is 2. The van der Waals surface area contributed by atoms with E-state index < -0.39 is 10.8 Å². The number of carbonyl (C=O) groups is 1. The molecule has 2 rings (SSSR count). The van der Waals surface area contributed by atoms with E-state index in [-0.39, 0.29) is 22.8 Å². The molecule has 18 heavy (non-hydrogen) atoms. The highest BCUT2D eigenvalue weighted by Crippen LogP contribution is 2.28. The van der Waals surface area contributed by atoms with Crippen molar-refractivity contribution in [1.29, 1.82) is 0 Å². The first-order valence-electron chi connectivity index (χ1n) is 4.75. The van der Waals surface area contributed by atoms with Crippen LogP contribution in [0.25, 0.3) is 0 Å². The van der Waals surface area contributed by atoms with E-state index in [1.807, 2.05) is 0 Å². The summed E-state index contributed by atoms with van der Waals surface area (Å²) < 4.78 is 0. The van der Waals surface area contributed by atoms with Crippen molar-refractivity contribution in [3.8, 4) is 5.75 Å². The number of anilines is 1. The fourth-order valence-corrected chi connectivity index (χ4v) is 1.82.